The molecule has 0 bridgehead atoms. The van der Waals surface area contributed by atoms with Gasteiger partial charge in [0.25, 0.3) is 0 Å². The molecule has 0 spiro atoms. The Balaban J connectivity index is 2.91. The van der Waals surface area contributed by atoms with Crippen LogP contribution in [0.3, 0.4) is 0 Å². The van der Waals surface area contributed by atoms with Crippen LogP contribution in [-0.2, 0) is 0 Å². The minimum absolute atomic E-state index is 0.367. The summed E-state index contributed by atoms with van der Waals surface area (Å²) in [4.78, 5) is 2.58. The van der Waals surface area contributed by atoms with Crippen LogP contribution in [0.15, 0.2) is 18.2 Å². The van der Waals surface area contributed by atoms with Crippen molar-refractivity contribution in [3.63, 3.8) is 0 Å². The lowest BCUT2D eigenvalue weighted by molar-refractivity contribution is 0.195. The average molecular weight is 276 g/mol. The molecule has 114 valence electrons. The van der Waals surface area contributed by atoms with E-state index in [4.69, 9.17) is 5.73 Å². The van der Waals surface area contributed by atoms with Crippen LogP contribution in [0.25, 0.3) is 0 Å². The van der Waals surface area contributed by atoms with Gasteiger partial charge in [0.15, 0.2) is 0 Å². The third kappa shape index (κ3) is 5.26. The summed E-state index contributed by atoms with van der Waals surface area (Å²) in [6, 6.07) is 7.20. The Hall–Kier alpha value is -0.860. The van der Waals surface area contributed by atoms with E-state index in [1.165, 1.54) is 42.4 Å². The monoisotopic (exact) mass is 276 g/mol. The predicted molar refractivity (Wildman–Crippen MR) is 89.1 cm³/mol. The van der Waals surface area contributed by atoms with E-state index in [0.29, 0.717) is 12.6 Å². The maximum absolute atomic E-state index is 6.11. The lowest BCUT2D eigenvalue weighted by Crippen LogP contribution is -2.35. The average Bonchev–Trinajstić information content (AvgIpc) is 2.40. The Morgan fingerprint density at radius 3 is 1.85 bits per heavy atom. The standard InChI is InChI=1S/C18H32N2/c1-5-7-9-20(10-8-6-2)18(14-19)17-12-15(3)11-16(4)13-17/h11-13,18H,5-10,14,19H2,1-4H3. The Morgan fingerprint density at radius 1 is 0.950 bits per heavy atom. The summed E-state index contributed by atoms with van der Waals surface area (Å²) < 4.78 is 0. The van der Waals surface area contributed by atoms with E-state index in [2.05, 4.69) is 50.8 Å². The molecule has 2 nitrogen and oxygen atoms in total. The van der Waals surface area contributed by atoms with Crippen molar-refractivity contribution in [3.05, 3.63) is 34.9 Å². The Bertz CT molecular complexity index is 359. The Kier molecular flexibility index (Phi) is 7.86. The van der Waals surface area contributed by atoms with Gasteiger partial charge in [-0.1, -0.05) is 56.0 Å². The lowest BCUT2D eigenvalue weighted by Gasteiger charge is -2.31. The molecule has 2 heteroatoms. The zero-order chi connectivity index (χ0) is 15.0. The van der Waals surface area contributed by atoms with Gasteiger partial charge in [-0.15, -0.1) is 0 Å². The van der Waals surface area contributed by atoms with Crippen LogP contribution in [0, 0.1) is 13.8 Å². The van der Waals surface area contributed by atoms with Gasteiger partial charge in [-0.25, -0.2) is 0 Å². The van der Waals surface area contributed by atoms with Gasteiger partial charge >= 0.3 is 0 Å². The highest BCUT2D eigenvalue weighted by molar-refractivity contribution is 5.31. The highest BCUT2D eigenvalue weighted by atomic mass is 15.2. The molecule has 0 amide bonds. The first kappa shape index (κ1) is 17.2. The van der Waals surface area contributed by atoms with Gasteiger partial charge < -0.3 is 5.73 Å². The van der Waals surface area contributed by atoms with Gasteiger partial charge in [-0.05, 0) is 45.3 Å². The SMILES string of the molecule is CCCCN(CCCC)C(CN)c1cc(C)cc(C)c1. The van der Waals surface area contributed by atoms with Crippen molar-refractivity contribution >= 4 is 0 Å². The molecular weight excluding hydrogens is 244 g/mol. The molecule has 0 radical (unpaired) electrons. The summed E-state index contributed by atoms with van der Waals surface area (Å²) in [6.07, 6.45) is 5.00. The van der Waals surface area contributed by atoms with Gasteiger partial charge in [0.05, 0.1) is 0 Å². The summed E-state index contributed by atoms with van der Waals surface area (Å²) in [7, 11) is 0. The lowest BCUT2D eigenvalue weighted by atomic mass is 9.99. The van der Waals surface area contributed by atoms with Crippen molar-refractivity contribution in [1.29, 1.82) is 0 Å². The molecule has 0 saturated carbocycles. The second kappa shape index (κ2) is 9.15. The van der Waals surface area contributed by atoms with Crippen LogP contribution in [0.1, 0.15) is 62.3 Å². The fraction of sp³-hybridized carbons (Fsp3) is 0.667. The molecule has 1 unspecified atom stereocenters. The maximum Gasteiger partial charge on any atom is 0.0470 e. The first-order chi connectivity index (χ1) is 9.62. The second-order valence-electron chi connectivity index (χ2n) is 5.92. The molecule has 0 aliphatic rings. The molecule has 0 saturated heterocycles. The number of benzene rings is 1. The quantitative estimate of drug-likeness (QED) is 0.732. The number of hydrogen-bond donors (Lipinski definition) is 1. The van der Waals surface area contributed by atoms with E-state index in [-0.39, 0.29) is 0 Å². The normalized spacial score (nSPS) is 12.9. The van der Waals surface area contributed by atoms with Crippen LogP contribution in [0.2, 0.25) is 0 Å². The van der Waals surface area contributed by atoms with Crippen molar-refractivity contribution in [2.75, 3.05) is 19.6 Å². The van der Waals surface area contributed by atoms with Crippen molar-refractivity contribution in [3.8, 4) is 0 Å². The van der Waals surface area contributed by atoms with E-state index in [1.807, 2.05) is 0 Å². The van der Waals surface area contributed by atoms with Crippen molar-refractivity contribution in [2.24, 2.45) is 5.73 Å². The first-order valence-electron chi connectivity index (χ1n) is 8.14. The van der Waals surface area contributed by atoms with E-state index in [9.17, 15) is 0 Å². The smallest absolute Gasteiger partial charge is 0.0470 e. The third-order valence-electron chi connectivity index (χ3n) is 3.89. The highest BCUT2D eigenvalue weighted by Crippen LogP contribution is 2.23. The maximum atomic E-state index is 6.11. The number of unbranched alkanes of at least 4 members (excludes halogenated alkanes) is 2. The van der Waals surface area contributed by atoms with Crippen LogP contribution in [-0.4, -0.2) is 24.5 Å². The van der Waals surface area contributed by atoms with Gasteiger partial charge in [0.2, 0.25) is 0 Å². The molecule has 1 aromatic carbocycles. The van der Waals surface area contributed by atoms with Crippen LogP contribution in [0.5, 0.6) is 0 Å². The van der Waals surface area contributed by atoms with E-state index in [1.54, 1.807) is 0 Å². The molecule has 0 fully saturated rings. The van der Waals surface area contributed by atoms with E-state index >= 15 is 0 Å². The number of rotatable bonds is 9. The van der Waals surface area contributed by atoms with Crippen molar-refractivity contribution in [2.45, 2.75) is 59.4 Å². The fourth-order valence-corrected chi connectivity index (χ4v) is 2.84. The van der Waals surface area contributed by atoms with E-state index in [0.717, 1.165) is 13.1 Å². The summed E-state index contributed by atoms with van der Waals surface area (Å²) in [6.45, 7) is 11.9. The summed E-state index contributed by atoms with van der Waals surface area (Å²) in [5, 5.41) is 0. The zero-order valence-electron chi connectivity index (χ0n) is 13.8. The molecule has 0 aliphatic heterocycles. The van der Waals surface area contributed by atoms with Gasteiger partial charge in [-0.2, -0.15) is 0 Å². The summed E-state index contributed by atoms with van der Waals surface area (Å²) >= 11 is 0. The van der Waals surface area contributed by atoms with Crippen molar-refractivity contribution < 1.29 is 0 Å². The molecule has 1 atom stereocenters. The van der Waals surface area contributed by atoms with Gasteiger partial charge in [0.1, 0.15) is 0 Å². The molecule has 20 heavy (non-hydrogen) atoms. The molecular formula is C18H32N2. The number of nitrogens with zero attached hydrogens (tertiary/aromatic N) is 1. The molecule has 0 aliphatic carbocycles. The summed E-state index contributed by atoms with van der Waals surface area (Å²) in [5.74, 6) is 0. The van der Waals surface area contributed by atoms with Crippen molar-refractivity contribution in [1.82, 2.24) is 4.90 Å². The van der Waals surface area contributed by atoms with Gasteiger partial charge in [0, 0.05) is 12.6 Å². The number of nitrogens with two attached hydrogens (primary N) is 1. The largest absolute Gasteiger partial charge is 0.329 e. The molecule has 0 heterocycles. The first-order valence-corrected chi connectivity index (χ1v) is 8.14. The van der Waals surface area contributed by atoms with E-state index < -0.39 is 0 Å². The molecule has 1 rings (SSSR count). The summed E-state index contributed by atoms with van der Waals surface area (Å²) in [5.41, 5.74) is 10.2. The van der Waals surface area contributed by atoms with Crippen LogP contribution in [0.4, 0.5) is 0 Å². The Morgan fingerprint density at radius 2 is 1.45 bits per heavy atom. The van der Waals surface area contributed by atoms with Crippen LogP contribution < -0.4 is 5.73 Å². The number of hydrogen-bond acceptors (Lipinski definition) is 2. The zero-order valence-corrected chi connectivity index (χ0v) is 13.8. The molecule has 0 aromatic heterocycles. The number of aryl methyl sites for hydroxylation is 2. The minimum Gasteiger partial charge on any atom is -0.329 e. The predicted octanol–water partition coefficient (Wildman–Crippen LogP) is 4.21. The molecule has 2 N–H and O–H groups in total. The topological polar surface area (TPSA) is 29.3 Å². The highest BCUT2D eigenvalue weighted by Gasteiger charge is 2.18. The van der Waals surface area contributed by atoms with Crippen LogP contribution >= 0.6 is 0 Å². The Labute approximate surface area is 125 Å². The third-order valence-corrected chi connectivity index (χ3v) is 3.89. The van der Waals surface area contributed by atoms with Gasteiger partial charge in [-0.3, -0.25) is 4.90 Å². The molecule has 1 aromatic rings. The minimum atomic E-state index is 0.367. The second-order valence-corrected chi connectivity index (χ2v) is 5.92. The fourth-order valence-electron chi connectivity index (χ4n) is 2.84.